The van der Waals surface area contributed by atoms with Gasteiger partial charge >= 0.3 is 0 Å². The van der Waals surface area contributed by atoms with Crippen LogP contribution in [0, 0.1) is 23.7 Å². The van der Waals surface area contributed by atoms with Gasteiger partial charge in [0.15, 0.2) is 34.7 Å². The summed E-state index contributed by atoms with van der Waals surface area (Å²) in [6.45, 7) is 0. The second kappa shape index (κ2) is 9.30. The van der Waals surface area contributed by atoms with Crippen LogP contribution in [0.25, 0.3) is 21.9 Å². The van der Waals surface area contributed by atoms with Crippen molar-refractivity contribution >= 4 is 51.4 Å². The number of ketones is 4. The van der Waals surface area contributed by atoms with E-state index in [1.165, 1.54) is 4.90 Å². The molecule has 210 valence electrons. The first-order chi connectivity index (χ1) is 19.4. The Balaban J connectivity index is 1.47. The lowest BCUT2D eigenvalue weighted by Crippen LogP contribution is -2.74. The number of halogens is 1. The Morgan fingerprint density at radius 3 is 2.39 bits per heavy atom. The minimum absolute atomic E-state index is 0.0103. The first kappa shape index (κ1) is 27.3. The van der Waals surface area contributed by atoms with Crippen LogP contribution < -0.4 is 5.73 Å². The van der Waals surface area contributed by atoms with E-state index in [2.05, 4.69) is 0 Å². The second-order valence-corrected chi connectivity index (χ2v) is 11.9. The molecule has 4 N–H and O–H groups in total. The molecule has 2 saturated carbocycles. The topological polar surface area (TPSA) is 155 Å². The number of amides is 1. The van der Waals surface area contributed by atoms with Crippen LogP contribution in [-0.4, -0.2) is 69.9 Å². The van der Waals surface area contributed by atoms with Gasteiger partial charge < -0.3 is 15.9 Å². The van der Waals surface area contributed by atoms with E-state index in [1.807, 2.05) is 18.2 Å². The summed E-state index contributed by atoms with van der Waals surface area (Å²) in [5.41, 5.74) is 4.69. The van der Waals surface area contributed by atoms with Crippen LogP contribution >= 0.6 is 11.6 Å². The van der Waals surface area contributed by atoms with Gasteiger partial charge in [-0.3, -0.25) is 28.9 Å². The molecule has 0 saturated heterocycles. The minimum Gasteiger partial charge on any atom is -0.507 e. The Hall–Kier alpha value is -3.92. The Morgan fingerprint density at radius 2 is 1.73 bits per heavy atom. The molecule has 10 heteroatoms. The van der Waals surface area contributed by atoms with Crippen molar-refractivity contribution in [3.05, 3.63) is 64.7 Å². The van der Waals surface area contributed by atoms with Crippen LogP contribution in [0.4, 0.5) is 0 Å². The number of aromatic hydroxyl groups is 1. The van der Waals surface area contributed by atoms with Gasteiger partial charge in [-0.1, -0.05) is 41.9 Å². The number of nitrogens with two attached hydrogens (primary N) is 1. The van der Waals surface area contributed by atoms with Gasteiger partial charge in [-0.05, 0) is 73.1 Å². The SMILES string of the molecule is CN(C)[C@@H]1C(=O)C(C(N)=O)C(=O)[C@@]2(O)C(=O)C3C(=O)c4c(cc5ccc(-c6cccc(Cl)c6)cc5c4O)C[C@H]3C[C@@H]12. The maximum Gasteiger partial charge on any atom is 0.235 e. The van der Waals surface area contributed by atoms with Crippen LogP contribution in [0.3, 0.4) is 0 Å². The number of nitrogens with zero attached hydrogens (tertiary/aromatic N) is 1. The molecule has 0 bridgehead atoms. The fourth-order valence-corrected chi connectivity index (χ4v) is 7.41. The lowest BCUT2D eigenvalue weighted by Gasteiger charge is -2.52. The van der Waals surface area contributed by atoms with E-state index in [4.69, 9.17) is 17.3 Å². The average Bonchev–Trinajstić information content (AvgIpc) is 2.90. The van der Waals surface area contributed by atoms with E-state index >= 15 is 0 Å². The molecular formula is C31H27ClN2O7. The number of benzene rings is 3. The van der Waals surface area contributed by atoms with E-state index in [9.17, 15) is 34.2 Å². The van der Waals surface area contributed by atoms with Gasteiger partial charge in [0.1, 0.15) is 5.75 Å². The first-order valence-electron chi connectivity index (χ1n) is 13.3. The van der Waals surface area contributed by atoms with Gasteiger partial charge in [0, 0.05) is 16.3 Å². The molecule has 3 aromatic rings. The third-order valence-corrected chi connectivity index (χ3v) is 9.26. The highest BCUT2D eigenvalue weighted by molar-refractivity contribution is 6.32. The first-order valence-corrected chi connectivity index (χ1v) is 13.6. The van der Waals surface area contributed by atoms with E-state index in [-0.39, 0.29) is 24.2 Å². The number of aliphatic hydroxyl groups is 1. The van der Waals surface area contributed by atoms with Crippen molar-refractivity contribution in [1.29, 1.82) is 0 Å². The maximum absolute atomic E-state index is 14.0. The molecule has 0 aromatic heterocycles. The predicted molar refractivity (Wildman–Crippen MR) is 149 cm³/mol. The zero-order valence-electron chi connectivity index (χ0n) is 22.3. The Bertz CT molecular complexity index is 1720. The van der Waals surface area contributed by atoms with Gasteiger partial charge in [0.05, 0.1) is 17.5 Å². The molecule has 6 atom stereocenters. The molecule has 1 amide bonds. The average molecular weight is 575 g/mol. The Labute approximate surface area is 239 Å². The third-order valence-electron chi connectivity index (χ3n) is 9.02. The van der Waals surface area contributed by atoms with Crippen LogP contribution in [0.2, 0.25) is 5.02 Å². The van der Waals surface area contributed by atoms with E-state index in [0.717, 1.165) is 11.1 Å². The molecule has 2 fully saturated rings. The number of carbonyl (C=O) groups is 5. The van der Waals surface area contributed by atoms with Crippen LogP contribution in [0.1, 0.15) is 22.3 Å². The summed E-state index contributed by atoms with van der Waals surface area (Å²) < 4.78 is 0. The molecule has 0 heterocycles. The van der Waals surface area contributed by atoms with Crippen molar-refractivity contribution in [2.75, 3.05) is 14.1 Å². The number of hydrogen-bond acceptors (Lipinski definition) is 8. The summed E-state index contributed by atoms with van der Waals surface area (Å²) in [5, 5.41) is 24.7. The van der Waals surface area contributed by atoms with Crippen LogP contribution in [0.15, 0.2) is 48.5 Å². The number of phenolic OH excluding ortho intramolecular Hbond substituents is 1. The summed E-state index contributed by atoms with van der Waals surface area (Å²) in [4.78, 5) is 68.1. The maximum atomic E-state index is 14.0. The van der Waals surface area contributed by atoms with Gasteiger partial charge in [-0.15, -0.1) is 0 Å². The number of rotatable bonds is 3. The number of likely N-dealkylation sites (N-methyl/N-ethyl adjacent to an activating group) is 1. The lowest BCUT2D eigenvalue weighted by atomic mass is 9.52. The van der Waals surface area contributed by atoms with E-state index in [1.54, 1.807) is 44.4 Å². The monoisotopic (exact) mass is 574 g/mol. The number of carbonyl (C=O) groups excluding carboxylic acids is 5. The van der Waals surface area contributed by atoms with Gasteiger partial charge in [-0.2, -0.15) is 0 Å². The highest BCUT2D eigenvalue weighted by Crippen LogP contribution is 2.51. The quantitative estimate of drug-likeness (QED) is 0.403. The van der Waals surface area contributed by atoms with Gasteiger partial charge in [0.25, 0.3) is 0 Å². The summed E-state index contributed by atoms with van der Waals surface area (Å²) >= 11 is 6.15. The second-order valence-electron chi connectivity index (χ2n) is 11.5. The molecule has 3 aliphatic rings. The standard InChI is InChI=1S/C31H27ClN2O7/c1-34(2)24-20-12-17-9-16-8-15-7-6-14(13-4-3-5-18(32)10-13)11-19(15)25(35)21(16)26(36)22(17)28(38)31(20,41)29(39)23(27(24)37)30(33)40/h3-8,10-11,17,20,22-24,35,41H,9,12H2,1-2H3,(H2,33,40)/t17-,20-,22?,23?,24-,31-/m0/s1. The number of fused-ring (bicyclic) bond motifs is 4. The Kier molecular flexibility index (Phi) is 6.19. The van der Waals surface area contributed by atoms with Crippen molar-refractivity contribution in [2.45, 2.75) is 24.5 Å². The van der Waals surface area contributed by atoms with Gasteiger partial charge in [0.2, 0.25) is 5.91 Å². The largest absolute Gasteiger partial charge is 0.507 e. The van der Waals surface area contributed by atoms with Crippen molar-refractivity contribution in [2.24, 2.45) is 29.4 Å². The summed E-state index contributed by atoms with van der Waals surface area (Å²) in [6.07, 6.45) is 0.224. The molecule has 0 aliphatic heterocycles. The minimum atomic E-state index is -2.75. The zero-order chi connectivity index (χ0) is 29.5. The highest BCUT2D eigenvalue weighted by atomic mass is 35.5. The predicted octanol–water partition coefficient (Wildman–Crippen LogP) is 2.34. The van der Waals surface area contributed by atoms with Crippen molar-refractivity contribution in [3.63, 3.8) is 0 Å². The fourth-order valence-electron chi connectivity index (χ4n) is 7.22. The molecule has 6 rings (SSSR count). The van der Waals surface area contributed by atoms with Crippen molar-refractivity contribution in [1.82, 2.24) is 4.90 Å². The molecular weight excluding hydrogens is 548 g/mol. The fraction of sp³-hybridized carbons (Fsp3) is 0.323. The summed E-state index contributed by atoms with van der Waals surface area (Å²) in [6, 6.07) is 13.3. The summed E-state index contributed by atoms with van der Waals surface area (Å²) in [7, 11) is 3.10. The Morgan fingerprint density at radius 1 is 1.02 bits per heavy atom. The van der Waals surface area contributed by atoms with Crippen LogP contribution in [0.5, 0.6) is 5.75 Å². The van der Waals surface area contributed by atoms with Crippen molar-refractivity contribution < 1.29 is 34.2 Å². The number of phenols is 1. The zero-order valence-corrected chi connectivity index (χ0v) is 23.0. The van der Waals surface area contributed by atoms with Crippen molar-refractivity contribution in [3.8, 4) is 16.9 Å². The molecule has 0 spiro atoms. The molecule has 41 heavy (non-hydrogen) atoms. The third kappa shape index (κ3) is 3.80. The number of hydrogen-bond donors (Lipinski definition) is 3. The molecule has 3 aromatic carbocycles. The van der Waals surface area contributed by atoms with Gasteiger partial charge in [-0.25, -0.2) is 0 Å². The molecule has 9 nitrogen and oxygen atoms in total. The normalized spacial score (nSPS) is 29.3. The molecule has 2 unspecified atom stereocenters. The number of Topliss-reactive ketones (excluding diaryl/α,β-unsaturated/α-hetero) is 4. The molecule has 3 aliphatic carbocycles. The molecule has 0 radical (unpaired) electrons. The highest BCUT2D eigenvalue weighted by Gasteiger charge is 2.69. The number of primary amides is 1. The smallest absolute Gasteiger partial charge is 0.235 e. The van der Waals surface area contributed by atoms with E-state index in [0.29, 0.717) is 21.4 Å². The van der Waals surface area contributed by atoms with E-state index < -0.39 is 64.4 Å². The summed E-state index contributed by atoms with van der Waals surface area (Å²) in [5.74, 6) is -10.6. The van der Waals surface area contributed by atoms with Crippen LogP contribution in [-0.2, 0) is 25.6 Å². The lowest BCUT2D eigenvalue weighted by molar-refractivity contribution is -0.181.